The van der Waals surface area contributed by atoms with E-state index in [0.29, 0.717) is 22.6 Å². The third-order valence-electron chi connectivity index (χ3n) is 4.53. The Balaban J connectivity index is 1.69. The molecule has 2 aromatic carbocycles. The van der Waals surface area contributed by atoms with Gasteiger partial charge in [-0.25, -0.2) is 10.2 Å². The second kappa shape index (κ2) is 8.73. The van der Waals surface area contributed by atoms with Crippen molar-refractivity contribution in [2.75, 3.05) is 6.61 Å². The van der Waals surface area contributed by atoms with E-state index in [1.807, 2.05) is 37.3 Å². The Morgan fingerprint density at radius 3 is 2.69 bits per heavy atom. The minimum atomic E-state index is -0.503. The lowest BCUT2D eigenvalue weighted by molar-refractivity contribution is -0.123. The summed E-state index contributed by atoms with van der Waals surface area (Å²) in [5, 5.41) is 4.81. The first-order chi connectivity index (χ1) is 13.8. The van der Waals surface area contributed by atoms with Crippen LogP contribution >= 0.6 is 0 Å². The first kappa shape index (κ1) is 20.3. The molecule has 0 saturated carbocycles. The van der Waals surface area contributed by atoms with Gasteiger partial charge in [-0.3, -0.25) is 4.79 Å². The molecule has 1 amide bonds. The predicted molar refractivity (Wildman–Crippen MR) is 114 cm³/mol. The van der Waals surface area contributed by atoms with Gasteiger partial charge < -0.3 is 9.15 Å². The summed E-state index contributed by atoms with van der Waals surface area (Å²) >= 11 is 0. The highest BCUT2D eigenvalue weighted by atomic mass is 16.5. The molecule has 0 aliphatic rings. The molecule has 3 rings (SSSR count). The largest absolute Gasteiger partial charge is 0.483 e. The number of ether oxygens (including phenoxy) is 1. The van der Waals surface area contributed by atoms with Crippen molar-refractivity contribution in [3.8, 4) is 5.75 Å². The Bertz CT molecular complexity index is 1130. The third-order valence-corrected chi connectivity index (χ3v) is 4.53. The molecule has 0 aliphatic heterocycles. The van der Waals surface area contributed by atoms with E-state index in [-0.39, 0.29) is 12.5 Å². The van der Waals surface area contributed by atoms with Crippen LogP contribution in [0, 0.1) is 6.92 Å². The number of rotatable bonds is 6. The van der Waals surface area contributed by atoms with Gasteiger partial charge in [0.25, 0.3) is 5.91 Å². The van der Waals surface area contributed by atoms with E-state index in [1.165, 1.54) is 0 Å². The molecule has 6 heteroatoms. The maximum Gasteiger partial charge on any atom is 0.345 e. The highest BCUT2D eigenvalue weighted by molar-refractivity contribution is 6.00. The predicted octanol–water partition coefficient (Wildman–Crippen LogP) is 4.14. The Kier molecular flexibility index (Phi) is 6.12. The molecular formula is C23H24N2O4. The van der Waals surface area contributed by atoms with Gasteiger partial charge in [-0.15, -0.1) is 0 Å². The summed E-state index contributed by atoms with van der Waals surface area (Å²) in [6.45, 7) is 7.58. The zero-order valence-electron chi connectivity index (χ0n) is 17.0. The minimum absolute atomic E-state index is 0.174. The van der Waals surface area contributed by atoms with Crippen molar-refractivity contribution in [3.05, 3.63) is 75.6 Å². The Morgan fingerprint density at radius 1 is 1.17 bits per heavy atom. The maximum absolute atomic E-state index is 12.2. The van der Waals surface area contributed by atoms with Crippen molar-refractivity contribution in [3.63, 3.8) is 0 Å². The number of benzene rings is 2. The van der Waals surface area contributed by atoms with Crippen LogP contribution < -0.4 is 15.8 Å². The van der Waals surface area contributed by atoms with Gasteiger partial charge in [0.15, 0.2) is 6.61 Å². The fourth-order valence-corrected chi connectivity index (χ4v) is 2.94. The number of aryl methyl sites for hydroxylation is 1. The monoisotopic (exact) mass is 392 g/mol. The van der Waals surface area contributed by atoms with Crippen LogP contribution in [0.5, 0.6) is 5.75 Å². The number of nitrogens with zero attached hydrogens (tertiary/aromatic N) is 1. The van der Waals surface area contributed by atoms with Crippen LogP contribution in [-0.4, -0.2) is 18.2 Å². The molecule has 1 aromatic heterocycles. The van der Waals surface area contributed by atoms with Crippen LogP contribution in [0.15, 0.2) is 62.8 Å². The minimum Gasteiger partial charge on any atom is -0.483 e. The average molecular weight is 392 g/mol. The third kappa shape index (κ3) is 4.90. The number of para-hydroxylation sites is 1. The lowest BCUT2D eigenvalue weighted by atomic mass is 10.0. The SMILES string of the molecule is C/C(=N/NC(=O)COc1cc(C)ccc1C(C)C)c1cc2ccccc2oc1=O. The summed E-state index contributed by atoms with van der Waals surface area (Å²) in [7, 11) is 0. The van der Waals surface area contributed by atoms with Crippen molar-refractivity contribution in [1.82, 2.24) is 5.43 Å². The second-order valence-corrected chi connectivity index (χ2v) is 7.20. The zero-order valence-corrected chi connectivity index (χ0v) is 17.0. The molecule has 3 aromatic rings. The molecule has 0 spiro atoms. The Morgan fingerprint density at radius 2 is 1.93 bits per heavy atom. The van der Waals surface area contributed by atoms with Gasteiger partial charge in [-0.1, -0.05) is 44.2 Å². The van der Waals surface area contributed by atoms with E-state index in [9.17, 15) is 9.59 Å². The molecule has 0 unspecified atom stereocenters. The van der Waals surface area contributed by atoms with E-state index >= 15 is 0 Å². The molecule has 0 aliphatic carbocycles. The zero-order chi connectivity index (χ0) is 21.0. The lowest BCUT2D eigenvalue weighted by Gasteiger charge is -2.14. The number of carbonyl (C=O) groups excluding carboxylic acids is 1. The van der Waals surface area contributed by atoms with E-state index in [0.717, 1.165) is 16.5 Å². The number of hydrogen-bond acceptors (Lipinski definition) is 5. The van der Waals surface area contributed by atoms with Gasteiger partial charge in [0.2, 0.25) is 0 Å². The molecule has 0 fully saturated rings. The van der Waals surface area contributed by atoms with Crippen molar-refractivity contribution in [1.29, 1.82) is 0 Å². The van der Waals surface area contributed by atoms with Crippen molar-refractivity contribution in [2.24, 2.45) is 5.10 Å². The van der Waals surface area contributed by atoms with E-state index in [1.54, 1.807) is 25.1 Å². The molecule has 1 heterocycles. The molecule has 0 radical (unpaired) electrons. The van der Waals surface area contributed by atoms with Gasteiger partial charge in [0, 0.05) is 5.39 Å². The first-order valence-electron chi connectivity index (χ1n) is 9.45. The van der Waals surface area contributed by atoms with Gasteiger partial charge in [-0.05, 0) is 49.1 Å². The summed E-state index contributed by atoms with van der Waals surface area (Å²) < 4.78 is 11.0. The molecule has 0 saturated heterocycles. The summed E-state index contributed by atoms with van der Waals surface area (Å²) in [6.07, 6.45) is 0. The maximum atomic E-state index is 12.2. The van der Waals surface area contributed by atoms with E-state index in [4.69, 9.17) is 9.15 Å². The standard InChI is InChI=1S/C23H24N2O4/c1-14(2)18-10-9-15(3)11-21(18)28-13-22(26)25-24-16(4)19-12-17-7-5-6-8-20(17)29-23(19)27/h5-12,14H,13H2,1-4H3,(H,25,26)/b24-16-. The average Bonchev–Trinajstić information content (AvgIpc) is 2.69. The quantitative estimate of drug-likeness (QED) is 0.388. The Hall–Kier alpha value is -3.41. The molecule has 0 atom stereocenters. The van der Waals surface area contributed by atoms with E-state index < -0.39 is 11.5 Å². The number of hydrazone groups is 1. The van der Waals surface area contributed by atoms with Gasteiger partial charge in [0.1, 0.15) is 11.3 Å². The number of fused-ring (bicyclic) bond motifs is 1. The highest BCUT2D eigenvalue weighted by Gasteiger charge is 2.11. The van der Waals surface area contributed by atoms with Crippen molar-refractivity contribution >= 4 is 22.6 Å². The molecule has 0 bridgehead atoms. The van der Waals surface area contributed by atoms with Crippen molar-refractivity contribution in [2.45, 2.75) is 33.6 Å². The fourth-order valence-electron chi connectivity index (χ4n) is 2.94. The molecule has 150 valence electrons. The number of amides is 1. The van der Waals surface area contributed by atoms with Gasteiger partial charge >= 0.3 is 5.63 Å². The van der Waals surface area contributed by atoms with Crippen LogP contribution in [0.1, 0.15) is 43.4 Å². The lowest BCUT2D eigenvalue weighted by Crippen LogP contribution is -2.26. The van der Waals surface area contributed by atoms with Crippen LogP contribution in [0.25, 0.3) is 11.0 Å². The summed E-state index contributed by atoms with van der Waals surface area (Å²) in [4.78, 5) is 24.3. The molecular weight excluding hydrogens is 368 g/mol. The molecule has 6 nitrogen and oxygen atoms in total. The number of hydrogen-bond donors (Lipinski definition) is 1. The highest BCUT2D eigenvalue weighted by Crippen LogP contribution is 2.27. The van der Waals surface area contributed by atoms with Crippen LogP contribution in [-0.2, 0) is 4.79 Å². The van der Waals surface area contributed by atoms with Gasteiger partial charge in [-0.2, -0.15) is 5.10 Å². The van der Waals surface area contributed by atoms with Crippen molar-refractivity contribution < 1.29 is 13.9 Å². The van der Waals surface area contributed by atoms with Crippen LogP contribution in [0.2, 0.25) is 0 Å². The van der Waals surface area contributed by atoms with E-state index in [2.05, 4.69) is 24.4 Å². The fraction of sp³-hybridized carbons (Fsp3) is 0.261. The normalized spacial score (nSPS) is 11.7. The number of carbonyl (C=O) groups is 1. The topological polar surface area (TPSA) is 80.9 Å². The summed E-state index contributed by atoms with van der Waals surface area (Å²) in [6, 6.07) is 14.9. The summed E-state index contributed by atoms with van der Waals surface area (Å²) in [5.41, 5.74) is 5.19. The number of nitrogens with one attached hydrogen (secondary N) is 1. The summed E-state index contributed by atoms with van der Waals surface area (Å²) in [5.74, 6) is 0.554. The van der Waals surface area contributed by atoms with Crippen LogP contribution in [0.3, 0.4) is 0 Å². The first-order valence-corrected chi connectivity index (χ1v) is 9.45. The van der Waals surface area contributed by atoms with Gasteiger partial charge in [0.05, 0.1) is 11.3 Å². The second-order valence-electron chi connectivity index (χ2n) is 7.20. The molecule has 29 heavy (non-hydrogen) atoms. The smallest absolute Gasteiger partial charge is 0.345 e. The van der Waals surface area contributed by atoms with Crippen LogP contribution in [0.4, 0.5) is 0 Å². The molecule has 1 N–H and O–H groups in total. The Labute approximate surface area is 169 Å².